The lowest BCUT2D eigenvalue weighted by molar-refractivity contribution is 0.620. The zero-order valence-corrected chi connectivity index (χ0v) is 14.4. The number of hydrogen-bond acceptors (Lipinski definition) is 4. The van der Waals surface area contributed by atoms with Crippen molar-refractivity contribution < 1.29 is 4.39 Å². The van der Waals surface area contributed by atoms with Gasteiger partial charge in [0, 0.05) is 43.2 Å². The van der Waals surface area contributed by atoms with Crippen LogP contribution in [0.15, 0.2) is 53.3 Å². The Bertz CT molecular complexity index is 885. The van der Waals surface area contributed by atoms with Gasteiger partial charge in [0.2, 0.25) is 0 Å². The minimum Gasteiger partial charge on any atom is -0.367 e. The molecule has 0 bridgehead atoms. The topological polar surface area (TPSA) is 41.9 Å². The maximum absolute atomic E-state index is 13.4. The van der Waals surface area contributed by atoms with Gasteiger partial charge in [0.1, 0.15) is 11.5 Å². The van der Waals surface area contributed by atoms with Gasteiger partial charge < -0.3 is 4.90 Å². The highest BCUT2D eigenvalue weighted by atomic mass is 79.9. The molecule has 0 atom stereocenters. The van der Waals surface area contributed by atoms with Gasteiger partial charge >= 0.3 is 0 Å². The maximum atomic E-state index is 13.4. The van der Waals surface area contributed by atoms with Gasteiger partial charge in [-0.05, 0) is 46.3 Å². The van der Waals surface area contributed by atoms with Gasteiger partial charge in [-0.2, -0.15) is 0 Å². The molecule has 4 nitrogen and oxygen atoms in total. The fourth-order valence-electron chi connectivity index (χ4n) is 2.84. The molecule has 1 aromatic carbocycles. The number of benzene rings is 1. The fraction of sp³-hybridized carbons (Fsp3) is 0.167. The van der Waals surface area contributed by atoms with E-state index in [0.717, 1.165) is 42.1 Å². The molecule has 0 N–H and O–H groups in total. The summed E-state index contributed by atoms with van der Waals surface area (Å²) in [5, 5.41) is 0. The second-order valence-electron chi connectivity index (χ2n) is 5.65. The van der Waals surface area contributed by atoms with E-state index in [0.29, 0.717) is 10.3 Å². The summed E-state index contributed by atoms with van der Waals surface area (Å²) in [6.07, 6.45) is 4.44. The molecule has 24 heavy (non-hydrogen) atoms. The van der Waals surface area contributed by atoms with Crippen LogP contribution < -0.4 is 4.90 Å². The van der Waals surface area contributed by atoms with Crippen molar-refractivity contribution in [2.24, 2.45) is 0 Å². The van der Waals surface area contributed by atoms with Gasteiger partial charge in [0.05, 0.1) is 10.2 Å². The zero-order valence-electron chi connectivity index (χ0n) is 12.8. The lowest BCUT2D eigenvalue weighted by Crippen LogP contribution is -2.31. The van der Waals surface area contributed by atoms with E-state index >= 15 is 0 Å². The third kappa shape index (κ3) is 2.89. The first-order chi connectivity index (χ1) is 11.7. The van der Waals surface area contributed by atoms with Crippen molar-refractivity contribution in [3.05, 3.63) is 70.3 Å². The summed E-state index contributed by atoms with van der Waals surface area (Å²) in [5.74, 6) is 0.409. The molecule has 3 aromatic rings. The second kappa shape index (κ2) is 6.28. The normalized spacial score (nSPS) is 13.7. The van der Waals surface area contributed by atoms with E-state index in [4.69, 9.17) is 0 Å². The SMILES string of the molecule is Fc1ccc(N2CCc3nc(-c4ccccn4)ncc3C2)cc1Br. The van der Waals surface area contributed by atoms with Gasteiger partial charge in [-0.15, -0.1) is 0 Å². The monoisotopic (exact) mass is 384 g/mol. The van der Waals surface area contributed by atoms with Crippen molar-refractivity contribution in [3.8, 4) is 11.5 Å². The van der Waals surface area contributed by atoms with E-state index in [9.17, 15) is 4.39 Å². The standard InChI is InChI=1S/C18H14BrFN4/c19-14-9-13(4-5-15(14)20)24-8-6-16-12(11-24)10-22-18(23-16)17-3-1-2-7-21-17/h1-5,7,9-10H,6,8,11H2. The summed E-state index contributed by atoms with van der Waals surface area (Å²) in [6, 6.07) is 10.8. The summed E-state index contributed by atoms with van der Waals surface area (Å²) >= 11 is 3.25. The van der Waals surface area contributed by atoms with Crippen LogP contribution in [0, 0.1) is 5.82 Å². The average molecular weight is 385 g/mol. The molecule has 2 aromatic heterocycles. The molecule has 0 saturated heterocycles. The highest BCUT2D eigenvalue weighted by molar-refractivity contribution is 9.10. The zero-order chi connectivity index (χ0) is 16.5. The van der Waals surface area contributed by atoms with Crippen LogP contribution in [0.4, 0.5) is 10.1 Å². The van der Waals surface area contributed by atoms with Crippen LogP contribution in [0.1, 0.15) is 11.3 Å². The number of aromatic nitrogens is 3. The number of fused-ring (bicyclic) bond motifs is 1. The van der Waals surface area contributed by atoms with Crippen LogP contribution >= 0.6 is 15.9 Å². The Hall–Kier alpha value is -2.34. The quantitative estimate of drug-likeness (QED) is 0.669. The Balaban J connectivity index is 1.61. The van der Waals surface area contributed by atoms with Crippen LogP contribution in [0.25, 0.3) is 11.5 Å². The van der Waals surface area contributed by atoms with Crippen LogP contribution in [0.3, 0.4) is 0 Å². The number of halogens is 2. The first-order valence-corrected chi connectivity index (χ1v) is 8.46. The van der Waals surface area contributed by atoms with Crippen molar-refractivity contribution in [3.63, 3.8) is 0 Å². The number of hydrogen-bond donors (Lipinski definition) is 0. The highest BCUT2D eigenvalue weighted by Crippen LogP contribution is 2.27. The molecule has 120 valence electrons. The van der Waals surface area contributed by atoms with Crippen LogP contribution in [0.2, 0.25) is 0 Å². The molecule has 0 spiro atoms. The molecule has 1 aliphatic heterocycles. The molecule has 0 aliphatic carbocycles. The average Bonchev–Trinajstić information content (AvgIpc) is 2.64. The Kier molecular flexibility index (Phi) is 3.98. The predicted octanol–water partition coefficient (Wildman–Crippen LogP) is 4.00. The molecule has 4 rings (SSSR count). The van der Waals surface area contributed by atoms with Crippen LogP contribution in [0.5, 0.6) is 0 Å². The molecule has 0 fully saturated rings. The summed E-state index contributed by atoms with van der Waals surface area (Å²) in [7, 11) is 0. The summed E-state index contributed by atoms with van der Waals surface area (Å²) in [4.78, 5) is 15.6. The third-order valence-corrected chi connectivity index (χ3v) is 4.70. The molecular weight excluding hydrogens is 371 g/mol. The third-order valence-electron chi connectivity index (χ3n) is 4.10. The minimum absolute atomic E-state index is 0.250. The molecule has 3 heterocycles. The van der Waals surface area contributed by atoms with Crippen LogP contribution in [-0.4, -0.2) is 21.5 Å². The number of nitrogens with zero attached hydrogens (tertiary/aromatic N) is 4. The lowest BCUT2D eigenvalue weighted by Gasteiger charge is -2.30. The van der Waals surface area contributed by atoms with E-state index in [1.807, 2.05) is 30.5 Å². The largest absolute Gasteiger partial charge is 0.367 e. The molecular formula is C18H14BrFN4. The smallest absolute Gasteiger partial charge is 0.178 e. The predicted molar refractivity (Wildman–Crippen MR) is 94.1 cm³/mol. The Morgan fingerprint density at radius 2 is 2.04 bits per heavy atom. The van der Waals surface area contributed by atoms with Gasteiger partial charge in [-0.1, -0.05) is 6.07 Å². The molecule has 1 aliphatic rings. The van der Waals surface area contributed by atoms with E-state index in [-0.39, 0.29) is 5.82 Å². The molecule has 0 amide bonds. The van der Waals surface area contributed by atoms with Gasteiger partial charge in [0.25, 0.3) is 0 Å². The highest BCUT2D eigenvalue weighted by Gasteiger charge is 2.20. The second-order valence-corrected chi connectivity index (χ2v) is 6.50. The lowest BCUT2D eigenvalue weighted by atomic mass is 10.1. The first-order valence-electron chi connectivity index (χ1n) is 7.67. The van der Waals surface area contributed by atoms with E-state index < -0.39 is 0 Å². The van der Waals surface area contributed by atoms with Gasteiger partial charge in [0.15, 0.2) is 5.82 Å². The summed E-state index contributed by atoms with van der Waals surface area (Å²) < 4.78 is 13.9. The van der Waals surface area contributed by atoms with E-state index in [2.05, 4.69) is 35.8 Å². The van der Waals surface area contributed by atoms with Gasteiger partial charge in [-0.25, -0.2) is 14.4 Å². The molecule has 6 heteroatoms. The Morgan fingerprint density at radius 1 is 1.12 bits per heavy atom. The Morgan fingerprint density at radius 3 is 2.83 bits per heavy atom. The van der Waals surface area contributed by atoms with Crippen molar-refractivity contribution >= 4 is 21.6 Å². The maximum Gasteiger partial charge on any atom is 0.178 e. The van der Waals surface area contributed by atoms with Crippen LogP contribution in [-0.2, 0) is 13.0 Å². The molecule has 0 radical (unpaired) electrons. The van der Waals surface area contributed by atoms with Crippen molar-refractivity contribution in [2.75, 3.05) is 11.4 Å². The molecule has 0 saturated carbocycles. The van der Waals surface area contributed by atoms with E-state index in [1.165, 1.54) is 6.07 Å². The summed E-state index contributed by atoms with van der Waals surface area (Å²) in [6.45, 7) is 1.56. The van der Waals surface area contributed by atoms with Crippen molar-refractivity contribution in [2.45, 2.75) is 13.0 Å². The fourth-order valence-corrected chi connectivity index (χ4v) is 3.20. The Labute approximate surface area is 147 Å². The minimum atomic E-state index is -0.250. The number of anilines is 1. The van der Waals surface area contributed by atoms with Crippen molar-refractivity contribution in [1.82, 2.24) is 15.0 Å². The van der Waals surface area contributed by atoms with Gasteiger partial charge in [-0.3, -0.25) is 4.98 Å². The number of pyridine rings is 1. The summed E-state index contributed by atoms with van der Waals surface area (Å²) in [5.41, 5.74) is 3.93. The van der Waals surface area contributed by atoms with E-state index in [1.54, 1.807) is 12.3 Å². The van der Waals surface area contributed by atoms with Crippen molar-refractivity contribution in [1.29, 1.82) is 0 Å². The number of rotatable bonds is 2. The molecule has 0 unspecified atom stereocenters. The first kappa shape index (κ1) is 15.2.